The van der Waals surface area contributed by atoms with Crippen molar-refractivity contribution < 1.29 is 4.79 Å². The minimum Gasteiger partial charge on any atom is -0.398 e. The zero-order valence-electron chi connectivity index (χ0n) is 11.3. The Morgan fingerprint density at radius 3 is 2.86 bits per heavy atom. The Labute approximate surface area is 136 Å². The zero-order chi connectivity index (χ0) is 15.0. The highest BCUT2D eigenvalue weighted by Gasteiger charge is 2.25. The molecule has 1 aliphatic rings. The third-order valence-corrected chi connectivity index (χ3v) is 4.32. The fraction of sp³-hybridized carbons (Fsp3) is 0.188. The van der Waals surface area contributed by atoms with Crippen LogP contribution in [0.3, 0.4) is 0 Å². The summed E-state index contributed by atoms with van der Waals surface area (Å²) in [4.78, 5) is 14.6. The van der Waals surface area contributed by atoms with E-state index in [-0.39, 0.29) is 5.91 Å². The van der Waals surface area contributed by atoms with Gasteiger partial charge in [0, 0.05) is 33.0 Å². The molecule has 0 unspecified atom stereocenters. The quantitative estimate of drug-likeness (QED) is 0.767. The summed E-state index contributed by atoms with van der Waals surface area (Å²) in [5.41, 5.74) is 9.30. The van der Waals surface area contributed by atoms with Gasteiger partial charge in [-0.2, -0.15) is 0 Å². The van der Waals surface area contributed by atoms with Gasteiger partial charge in [0.1, 0.15) is 0 Å². The first-order chi connectivity index (χ1) is 10.1. The number of fused-ring (bicyclic) bond motifs is 1. The van der Waals surface area contributed by atoms with Gasteiger partial charge in [-0.25, -0.2) is 0 Å². The van der Waals surface area contributed by atoms with E-state index in [2.05, 4.69) is 15.9 Å². The molecule has 0 spiro atoms. The molecule has 0 aromatic heterocycles. The average Bonchev–Trinajstić information content (AvgIpc) is 2.45. The molecule has 0 bridgehead atoms. The van der Waals surface area contributed by atoms with E-state index in [1.807, 2.05) is 18.2 Å². The highest BCUT2D eigenvalue weighted by Crippen LogP contribution is 2.32. The van der Waals surface area contributed by atoms with Gasteiger partial charge in [-0.1, -0.05) is 33.6 Å². The maximum absolute atomic E-state index is 12.8. The van der Waals surface area contributed by atoms with Gasteiger partial charge >= 0.3 is 0 Å². The molecule has 2 N–H and O–H groups in total. The number of hydrogen-bond acceptors (Lipinski definition) is 2. The molecule has 108 valence electrons. The maximum Gasteiger partial charge on any atom is 0.258 e. The van der Waals surface area contributed by atoms with Gasteiger partial charge in [0.25, 0.3) is 5.91 Å². The van der Waals surface area contributed by atoms with E-state index in [1.165, 1.54) is 0 Å². The molecule has 0 aliphatic carbocycles. The molecule has 5 heteroatoms. The van der Waals surface area contributed by atoms with E-state index in [0.717, 1.165) is 34.3 Å². The van der Waals surface area contributed by atoms with Crippen LogP contribution < -0.4 is 10.6 Å². The van der Waals surface area contributed by atoms with E-state index < -0.39 is 0 Å². The van der Waals surface area contributed by atoms with E-state index in [1.54, 1.807) is 23.1 Å². The molecule has 2 aromatic rings. The molecule has 3 nitrogen and oxygen atoms in total. The smallest absolute Gasteiger partial charge is 0.258 e. The van der Waals surface area contributed by atoms with Crippen molar-refractivity contribution in [1.29, 1.82) is 0 Å². The number of carbonyl (C=O) groups is 1. The standard InChI is InChI=1S/C16H14BrClN2O/c17-11-7-10(8-12(18)9-11)16(21)20-6-2-3-13-14(19)4-1-5-15(13)20/h1,4-5,7-9H,2-3,6,19H2. The summed E-state index contributed by atoms with van der Waals surface area (Å²) >= 11 is 9.41. The van der Waals surface area contributed by atoms with Gasteiger partial charge in [0.2, 0.25) is 0 Å². The maximum atomic E-state index is 12.8. The second-order valence-electron chi connectivity index (χ2n) is 5.06. The highest BCUT2D eigenvalue weighted by molar-refractivity contribution is 9.10. The SMILES string of the molecule is Nc1cccc2c1CCCN2C(=O)c1cc(Cl)cc(Br)c1. The predicted octanol–water partition coefficient (Wildman–Crippen LogP) is 4.28. The first-order valence-electron chi connectivity index (χ1n) is 6.71. The number of nitrogens with two attached hydrogens (primary N) is 1. The molecule has 2 aromatic carbocycles. The summed E-state index contributed by atoms with van der Waals surface area (Å²) in [6, 6.07) is 10.9. The highest BCUT2D eigenvalue weighted by atomic mass is 79.9. The van der Waals surface area contributed by atoms with Gasteiger partial charge in [-0.3, -0.25) is 4.79 Å². The Bertz CT molecular complexity index is 697. The van der Waals surface area contributed by atoms with Crippen molar-refractivity contribution in [3.8, 4) is 0 Å². The van der Waals surface area contributed by atoms with Gasteiger partial charge < -0.3 is 10.6 Å². The number of rotatable bonds is 1. The molecule has 3 rings (SSSR count). The third-order valence-electron chi connectivity index (χ3n) is 3.64. The van der Waals surface area contributed by atoms with Crippen molar-refractivity contribution in [3.05, 3.63) is 57.0 Å². The van der Waals surface area contributed by atoms with Crippen LogP contribution in [0.5, 0.6) is 0 Å². The molecule has 0 fully saturated rings. The van der Waals surface area contributed by atoms with Gasteiger partial charge in [-0.05, 0) is 48.7 Å². The lowest BCUT2D eigenvalue weighted by Crippen LogP contribution is -2.35. The van der Waals surface area contributed by atoms with Crippen LogP contribution in [-0.4, -0.2) is 12.5 Å². The van der Waals surface area contributed by atoms with Crippen molar-refractivity contribution in [3.63, 3.8) is 0 Å². The minimum absolute atomic E-state index is 0.0512. The normalized spacial score (nSPS) is 13.9. The Balaban J connectivity index is 2.02. The van der Waals surface area contributed by atoms with Gasteiger partial charge in [0.05, 0.1) is 0 Å². The molecular weight excluding hydrogens is 352 g/mol. The molecule has 1 aliphatic heterocycles. The van der Waals surface area contributed by atoms with E-state index >= 15 is 0 Å². The summed E-state index contributed by atoms with van der Waals surface area (Å²) in [5, 5.41) is 0.539. The van der Waals surface area contributed by atoms with E-state index in [4.69, 9.17) is 17.3 Å². The molecular formula is C16H14BrClN2O. The second kappa shape index (κ2) is 5.70. The molecule has 1 amide bonds. The number of nitrogens with zero attached hydrogens (tertiary/aromatic N) is 1. The first kappa shape index (κ1) is 14.4. The van der Waals surface area contributed by atoms with Crippen molar-refractivity contribution in [2.45, 2.75) is 12.8 Å². The first-order valence-corrected chi connectivity index (χ1v) is 7.88. The molecule has 0 saturated carbocycles. The van der Waals surface area contributed by atoms with E-state index in [9.17, 15) is 4.79 Å². The molecule has 0 radical (unpaired) electrons. The van der Waals surface area contributed by atoms with Crippen LogP contribution >= 0.6 is 27.5 Å². The summed E-state index contributed by atoms with van der Waals surface area (Å²) in [5.74, 6) is -0.0512. The fourth-order valence-electron chi connectivity index (χ4n) is 2.70. The van der Waals surface area contributed by atoms with Crippen LogP contribution in [0.25, 0.3) is 0 Å². The largest absolute Gasteiger partial charge is 0.398 e. The summed E-state index contributed by atoms with van der Waals surface area (Å²) in [6.07, 6.45) is 1.82. The number of benzene rings is 2. The number of hydrogen-bond donors (Lipinski definition) is 1. The van der Waals surface area contributed by atoms with Crippen LogP contribution in [0.2, 0.25) is 5.02 Å². The van der Waals surface area contributed by atoms with Crippen LogP contribution in [0.15, 0.2) is 40.9 Å². The summed E-state index contributed by atoms with van der Waals surface area (Å²) in [7, 11) is 0. The van der Waals surface area contributed by atoms with E-state index in [0.29, 0.717) is 17.1 Å². The Kier molecular flexibility index (Phi) is 3.91. The zero-order valence-corrected chi connectivity index (χ0v) is 13.6. The lowest BCUT2D eigenvalue weighted by molar-refractivity contribution is 0.0985. The van der Waals surface area contributed by atoms with Crippen molar-refractivity contribution in [1.82, 2.24) is 0 Å². The Hall–Kier alpha value is -1.52. The van der Waals surface area contributed by atoms with Crippen LogP contribution in [0.4, 0.5) is 11.4 Å². The van der Waals surface area contributed by atoms with Gasteiger partial charge in [0.15, 0.2) is 0 Å². The number of nitrogen functional groups attached to an aromatic ring is 1. The topological polar surface area (TPSA) is 46.3 Å². The minimum atomic E-state index is -0.0512. The molecule has 1 heterocycles. The number of anilines is 2. The third kappa shape index (κ3) is 2.78. The van der Waals surface area contributed by atoms with Crippen molar-refractivity contribution in [2.75, 3.05) is 17.2 Å². The van der Waals surface area contributed by atoms with Crippen LogP contribution in [0, 0.1) is 0 Å². The second-order valence-corrected chi connectivity index (χ2v) is 6.42. The Morgan fingerprint density at radius 2 is 2.10 bits per heavy atom. The Morgan fingerprint density at radius 1 is 1.29 bits per heavy atom. The van der Waals surface area contributed by atoms with Gasteiger partial charge in [-0.15, -0.1) is 0 Å². The molecule has 0 atom stereocenters. The van der Waals surface area contributed by atoms with Crippen LogP contribution in [-0.2, 0) is 6.42 Å². The van der Waals surface area contributed by atoms with Crippen molar-refractivity contribution >= 4 is 44.8 Å². The number of halogens is 2. The predicted molar refractivity (Wildman–Crippen MR) is 90.0 cm³/mol. The van der Waals surface area contributed by atoms with Crippen molar-refractivity contribution in [2.24, 2.45) is 0 Å². The van der Waals surface area contributed by atoms with Crippen LogP contribution in [0.1, 0.15) is 22.3 Å². The summed E-state index contributed by atoms with van der Waals surface area (Å²) in [6.45, 7) is 0.694. The number of carbonyl (C=O) groups excluding carboxylic acids is 1. The molecule has 0 saturated heterocycles. The lowest BCUT2D eigenvalue weighted by Gasteiger charge is -2.30. The average molecular weight is 366 g/mol. The monoisotopic (exact) mass is 364 g/mol. The fourth-order valence-corrected chi connectivity index (χ4v) is 3.56. The number of amides is 1. The summed E-state index contributed by atoms with van der Waals surface area (Å²) < 4.78 is 0.795. The molecule has 21 heavy (non-hydrogen) atoms. The lowest BCUT2D eigenvalue weighted by atomic mass is 9.99.